The molecule has 2 aromatic rings. The lowest BCUT2D eigenvalue weighted by Crippen LogP contribution is -2.34. The second kappa shape index (κ2) is 5.31. The van der Waals surface area contributed by atoms with Crippen LogP contribution in [0.3, 0.4) is 0 Å². The average Bonchev–Trinajstić information content (AvgIpc) is 2.70. The minimum absolute atomic E-state index is 0.228. The lowest BCUT2D eigenvalue weighted by molar-refractivity contribution is 0.154. The van der Waals surface area contributed by atoms with E-state index in [1.54, 1.807) is 6.92 Å². The standard InChI is InChI=1S/C10H14F2N6O/c1-6-14-8(17(3-2-13)5-7(11)12)4-9-15-16-10(19)18(6)9/h4,7H,2-3,5,13H2,1H3,(H,16,19). The SMILES string of the molecule is Cc1nc(N(CCN)CC(F)F)cc2n[nH]c(=O)n12. The van der Waals surface area contributed by atoms with E-state index in [2.05, 4.69) is 15.2 Å². The van der Waals surface area contributed by atoms with Gasteiger partial charge >= 0.3 is 5.69 Å². The van der Waals surface area contributed by atoms with Crippen molar-refractivity contribution in [3.63, 3.8) is 0 Å². The van der Waals surface area contributed by atoms with E-state index >= 15 is 0 Å². The summed E-state index contributed by atoms with van der Waals surface area (Å²) in [5, 5.41) is 6.08. The van der Waals surface area contributed by atoms with Crippen molar-refractivity contribution in [1.82, 2.24) is 19.6 Å². The molecular formula is C10H14F2N6O. The molecule has 0 saturated carbocycles. The summed E-state index contributed by atoms with van der Waals surface area (Å²) in [5.41, 5.74) is 5.33. The minimum atomic E-state index is -2.49. The molecule has 0 atom stereocenters. The van der Waals surface area contributed by atoms with Gasteiger partial charge in [-0.25, -0.2) is 28.1 Å². The number of fused-ring (bicyclic) bond motifs is 1. The molecule has 0 amide bonds. The summed E-state index contributed by atoms with van der Waals surface area (Å²) < 4.78 is 26.3. The first-order chi connectivity index (χ1) is 9.02. The second-order valence-corrected chi connectivity index (χ2v) is 4.01. The maximum atomic E-state index is 12.5. The van der Waals surface area contributed by atoms with Crippen molar-refractivity contribution in [2.75, 3.05) is 24.5 Å². The summed E-state index contributed by atoms with van der Waals surface area (Å²) in [6.45, 7) is 1.62. The molecule has 0 aromatic carbocycles. The Morgan fingerprint density at radius 1 is 1.58 bits per heavy atom. The smallest absolute Gasteiger partial charge is 0.349 e. The number of aryl methyl sites for hydroxylation is 1. The number of rotatable bonds is 5. The number of nitrogens with one attached hydrogen (secondary N) is 1. The van der Waals surface area contributed by atoms with Gasteiger partial charge < -0.3 is 10.6 Å². The summed E-state index contributed by atoms with van der Waals surface area (Å²) in [5.74, 6) is 0.706. The van der Waals surface area contributed by atoms with E-state index < -0.39 is 18.7 Å². The molecule has 0 fully saturated rings. The van der Waals surface area contributed by atoms with Gasteiger partial charge in [-0.3, -0.25) is 0 Å². The zero-order chi connectivity index (χ0) is 14.0. The Bertz CT molecular complexity index is 622. The van der Waals surface area contributed by atoms with Gasteiger partial charge in [0.1, 0.15) is 11.6 Å². The zero-order valence-corrected chi connectivity index (χ0v) is 10.3. The normalized spacial score (nSPS) is 11.4. The monoisotopic (exact) mass is 272 g/mol. The molecule has 0 aliphatic carbocycles. The molecule has 3 N–H and O–H groups in total. The summed E-state index contributed by atoms with van der Waals surface area (Å²) in [7, 11) is 0. The third-order valence-corrected chi connectivity index (χ3v) is 2.64. The Balaban J connectivity index is 2.45. The van der Waals surface area contributed by atoms with E-state index in [0.29, 0.717) is 17.3 Å². The first-order valence-electron chi connectivity index (χ1n) is 5.71. The second-order valence-electron chi connectivity index (χ2n) is 4.01. The van der Waals surface area contributed by atoms with E-state index in [1.165, 1.54) is 15.4 Å². The quantitative estimate of drug-likeness (QED) is 0.783. The fourth-order valence-corrected chi connectivity index (χ4v) is 1.87. The number of nitrogens with two attached hydrogens (primary N) is 1. The molecule has 0 aliphatic rings. The van der Waals surface area contributed by atoms with Gasteiger partial charge in [0.25, 0.3) is 6.43 Å². The predicted molar refractivity (Wildman–Crippen MR) is 65.6 cm³/mol. The summed E-state index contributed by atoms with van der Waals surface area (Å²) in [6.07, 6.45) is -2.49. The number of anilines is 1. The van der Waals surface area contributed by atoms with Crippen molar-refractivity contribution < 1.29 is 8.78 Å². The molecule has 7 nitrogen and oxygen atoms in total. The maximum Gasteiger partial charge on any atom is 0.349 e. The number of aromatic amines is 1. The van der Waals surface area contributed by atoms with Crippen LogP contribution in [0.5, 0.6) is 0 Å². The Hall–Kier alpha value is -2.03. The van der Waals surface area contributed by atoms with E-state index in [9.17, 15) is 13.6 Å². The van der Waals surface area contributed by atoms with Crippen molar-refractivity contribution in [2.45, 2.75) is 13.3 Å². The molecule has 19 heavy (non-hydrogen) atoms. The van der Waals surface area contributed by atoms with Crippen LogP contribution in [0.2, 0.25) is 0 Å². The van der Waals surface area contributed by atoms with Gasteiger partial charge in [0.05, 0.1) is 6.54 Å². The first-order valence-corrected chi connectivity index (χ1v) is 5.71. The molecule has 104 valence electrons. The van der Waals surface area contributed by atoms with Crippen LogP contribution < -0.4 is 16.3 Å². The van der Waals surface area contributed by atoms with Crippen LogP contribution in [0.25, 0.3) is 5.65 Å². The topological polar surface area (TPSA) is 92.3 Å². The summed E-state index contributed by atoms with van der Waals surface area (Å²) in [4.78, 5) is 17.0. The Morgan fingerprint density at radius 3 is 2.95 bits per heavy atom. The summed E-state index contributed by atoms with van der Waals surface area (Å²) >= 11 is 0. The van der Waals surface area contributed by atoms with Gasteiger partial charge in [-0.15, -0.1) is 0 Å². The minimum Gasteiger partial charge on any atom is -0.349 e. The highest BCUT2D eigenvalue weighted by Gasteiger charge is 2.16. The van der Waals surface area contributed by atoms with E-state index in [-0.39, 0.29) is 13.1 Å². The number of hydrogen-bond donors (Lipinski definition) is 2. The van der Waals surface area contributed by atoms with Gasteiger partial charge in [-0.05, 0) is 6.92 Å². The lowest BCUT2D eigenvalue weighted by atomic mass is 10.4. The molecule has 2 heterocycles. The van der Waals surface area contributed by atoms with E-state index in [0.717, 1.165) is 0 Å². The molecule has 0 spiro atoms. The van der Waals surface area contributed by atoms with Crippen LogP contribution in [-0.4, -0.2) is 45.6 Å². The molecule has 0 saturated heterocycles. The van der Waals surface area contributed by atoms with Crippen LogP contribution >= 0.6 is 0 Å². The van der Waals surface area contributed by atoms with Crippen LogP contribution in [0.4, 0.5) is 14.6 Å². The number of aromatic nitrogens is 4. The van der Waals surface area contributed by atoms with Crippen molar-refractivity contribution >= 4 is 11.5 Å². The highest BCUT2D eigenvalue weighted by Crippen LogP contribution is 2.14. The van der Waals surface area contributed by atoms with Gasteiger partial charge in [0.2, 0.25) is 0 Å². The molecule has 0 radical (unpaired) electrons. The molecule has 0 bridgehead atoms. The molecule has 2 rings (SSSR count). The van der Waals surface area contributed by atoms with Crippen molar-refractivity contribution in [3.8, 4) is 0 Å². The fraction of sp³-hybridized carbons (Fsp3) is 0.500. The first kappa shape index (κ1) is 13.4. The number of H-pyrrole nitrogens is 1. The molecule has 9 heteroatoms. The summed E-state index contributed by atoms with van der Waals surface area (Å²) in [6, 6.07) is 1.48. The molecular weight excluding hydrogens is 258 g/mol. The van der Waals surface area contributed by atoms with Gasteiger partial charge in [0.15, 0.2) is 5.65 Å². The lowest BCUT2D eigenvalue weighted by Gasteiger charge is -2.22. The highest BCUT2D eigenvalue weighted by molar-refractivity contribution is 5.51. The average molecular weight is 272 g/mol. The van der Waals surface area contributed by atoms with Crippen LogP contribution in [-0.2, 0) is 0 Å². The van der Waals surface area contributed by atoms with Gasteiger partial charge in [-0.1, -0.05) is 0 Å². The molecule has 2 aromatic heterocycles. The Kier molecular flexibility index (Phi) is 3.74. The molecule has 0 aliphatic heterocycles. The third kappa shape index (κ3) is 2.70. The van der Waals surface area contributed by atoms with Gasteiger partial charge in [0, 0.05) is 19.2 Å². The third-order valence-electron chi connectivity index (χ3n) is 2.64. The zero-order valence-electron chi connectivity index (χ0n) is 10.3. The van der Waals surface area contributed by atoms with Gasteiger partial charge in [-0.2, -0.15) is 5.10 Å². The largest absolute Gasteiger partial charge is 0.349 e. The predicted octanol–water partition coefficient (Wildman–Crippen LogP) is -0.244. The Morgan fingerprint density at radius 2 is 2.32 bits per heavy atom. The van der Waals surface area contributed by atoms with Crippen molar-refractivity contribution in [2.24, 2.45) is 5.73 Å². The van der Waals surface area contributed by atoms with Crippen LogP contribution in [0.15, 0.2) is 10.9 Å². The molecule has 0 unspecified atom stereocenters. The van der Waals surface area contributed by atoms with Crippen LogP contribution in [0, 0.1) is 6.92 Å². The van der Waals surface area contributed by atoms with Crippen LogP contribution in [0.1, 0.15) is 5.82 Å². The van der Waals surface area contributed by atoms with E-state index in [4.69, 9.17) is 5.73 Å². The number of alkyl halides is 2. The number of halogens is 2. The van der Waals surface area contributed by atoms with Crippen molar-refractivity contribution in [1.29, 1.82) is 0 Å². The van der Waals surface area contributed by atoms with Crippen molar-refractivity contribution in [3.05, 3.63) is 22.4 Å². The number of nitrogens with zero attached hydrogens (tertiary/aromatic N) is 4. The fourth-order valence-electron chi connectivity index (χ4n) is 1.87. The number of hydrogen-bond acceptors (Lipinski definition) is 5. The maximum absolute atomic E-state index is 12.5. The highest BCUT2D eigenvalue weighted by atomic mass is 19.3. The van der Waals surface area contributed by atoms with E-state index in [1.807, 2.05) is 0 Å². The Labute approximate surface area is 107 Å².